The van der Waals surface area contributed by atoms with E-state index in [1.165, 1.54) is 4.31 Å². The highest BCUT2D eigenvalue weighted by atomic mass is 32.2. The summed E-state index contributed by atoms with van der Waals surface area (Å²) in [6.45, 7) is 9.48. The number of nitrogens with one attached hydrogen (secondary N) is 1. The number of nitrogens with zero attached hydrogens (tertiary/aromatic N) is 2. The van der Waals surface area contributed by atoms with Gasteiger partial charge in [0.05, 0.1) is 11.8 Å². The molecule has 1 aromatic rings. The maximum Gasteiger partial charge on any atom is 0.317 e. The molecular weight excluding hydrogens is 354 g/mol. The van der Waals surface area contributed by atoms with Crippen LogP contribution in [0.5, 0.6) is 0 Å². The second-order valence-electron chi connectivity index (χ2n) is 8.07. The van der Waals surface area contributed by atoms with Crippen LogP contribution in [0.15, 0.2) is 10.5 Å². The molecule has 2 heterocycles. The molecule has 146 valence electrons. The summed E-state index contributed by atoms with van der Waals surface area (Å²) in [6, 6.07) is 1.81. The SMILES string of the molecule is CCS(=O)(=O)N1CCN(C(=O)NC2CC(C)(C)Cc3oc(C)cc32)CC1. The maximum absolute atomic E-state index is 12.7. The number of piperazine rings is 1. The number of furan rings is 1. The average Bonchev–Trinajstić information content (AvgIpc) is 2.94. The van der Waals surface area contributed by atoms with E-state index >= 15 is 0 Å². The summed E-state index contributed by atoms with van der Waals surface area (Å²) in [5.74, 6) is 1.92. The summed E-state index contributed by atoms with van der Waals surface area (Å²) in [5.41, 5.74) is 1.13. The van der Waals surface area contributed by atoms with E-state index in [-0.39, 0.29) is 23.2 Å². The van der Waals surface area contributed by atoms with Crippen molar-refractivity contribution in [3.8, 4) is 0 Å². The van der Waals surface area contributed by atoms with Crippen LogP contribution in [-0.2, 0) is 16.4 Å². The summed E-state index contributed by atoms with van der Waals surface area (Å²) < 4.78 is 31.2. The van der Waals surface area contributed by atoms with E-state index in [0.29, 0.717) is 26.2 Å². The first kappa shape index (κ1) is 19.2. The summed E-state index contributed by atoms with van der Waals surface area (Å²) in [4.78, 5) is 14.4. The highest BCUT2D eigenvalue weighted by Gasteiger charge is 2.36. The van der Waals surface area contributed by atoms with Crippen LogP contribution in [-0.4, -0.2) is 55.6 Å². The third-order valence-corrected chi connectivity index (χ3v) is 7.20. The van der Waals surface area contributed by atoms with Gasteiger partial charge in [0.15, 0.2) is 0 Å². The molecule has 1 saturated heterocycles. The van der Waals surface area contributed by atoms with Crippen molar-refractivity contribution in [2.24, 2.45) is 5.41 Å². The van der Waals surface area contributed by atoms with E-state index in [1.54, 1.807) is 11.8 Å². The van der Waals surface area contributed by atoms with Crippen molar-refractivity contribution in [2.45, 2.75) is 46.6 Å². The lowest BCUT2D eigenvalue weighted by molar-refractivity contribution is 0.161. The smallest absolute Gasteiger partial charge is 0.317 e. The number of hydrogen-bond donors (Lipinski definition) is 1. The predicted molar refractivity (Wildman–Crippen MR) is 99.4 cm³/mol. The number of aryl methyl sites for hydroxylation is 1. The first-order chi connectivity index (χ1) is 12.1. The Morgan fingerprint density at radius 3 is 2.58 bits per heavy atom. The van der Waals surface area contributed by atoms with Crippen LogP contribution < -0.4 is 5.32 Å². The largest absolute Gasteiger partial charge is 0.466 e. The van der Waals surface area contributed by atoms with Gasteiger partial charge in [-0.3, -0.25) is 0 Å². The van der Waals surface area contributed by atoms with Crippen molar-refractivity contribution in [3.63, 3.8) is 0 Å². The van der Waals surface area contributed by atoms with Gasteiger partial charge in [0, 0.05) is 38.2 Å². The van der Waals surface area contributed by atoms with E-state index in [1.807, 2.05) is 13.0 Å². The number of carbonyl (C=O) groups is 1. The first-order valence-corrected chi connectivity index (χ1v) is 10.8. The molecule has 3 rings (SSSR count). The normalized spacial score (nSPS) is 23.5. The molecule has 0 spiro atoms. The highest BCUT2D eigenvalue weighted by Crippen LogP contribution is 2.42. The molecule has 26 heavy (non-hydrogen) atoms. The second-order valence-corrected chi connectivity index (χ2v) is 10.3. The lowest BCUT2D eigenvalue weighted by Crippen LogP contribution is -2.54. The van der Waals surface area contributed by atoms with Crippen molar-refractivity contribution in [1.82, 2.24) is 14.5 Å². The molecule has 1 aromatic heterocycles. The number of carbonyl (C=O) groups excluding carboxylic acids is 1. The molecule has 8 heteroatoms. The number of rotatable bonds is 3. The summed E-state index contributed by atoms with van der Waals surface area (Å²) in [5, 5.41) is 3.14. The fourth-order valence-corrected chi connectivity index (χ4v) is 4.99. The van der Waals surface area contributed by atoms with Gasteiger partial charge in [-0.1, -0.05) is 13.8 Å². The molecule has 0 bridgehead atoms. The van der Waals surface area contributed by atoms with Gasteiger partial charge in [-0.15, -0.1) is 0 Å². The van der Waals surface area contributed by atoms with E-state index in [9.17, 15) is 13.2 Å². The Morgan fingerprint density at radius 2 is 1.96 bits per heavy atom. The van der Waals surface area contributed by atoms with E-state index in [2.05, 4.69) is 19.2 Å². The quantitative estimate of drug-likeness (QED) is 0.868. The molecule has 0 radical (unpaired) electrons. The predicted octanol–water partition coefficient (Wildman–Crippen LogP) is 2.28. The van der Waals surface area contributed by atoms with Crippen LogP contribution in [0.4, 0.5) is 4.79 Å². The summed E-state index contributed by atoms with van der Waals surface area (Å²) >= 11 is 0. The van der Waals surface area contributed by atoms with Crippen LogP contribution in [0.25, 0.3) is 0 Å². The van der Waals surface area contributed by atoms with Gasteiger partial charge < -0.3 is 14.6 Å². The second kappa shape index (κ2) is 6.88. The zero-order chi connectivity index (χ0) is 19.1. The molecular formula is C18H29N3O4S. The zero-order valence-corrected chi connectivity index (χ0v) is 16.9. The Hall–Kier alpha value is -1.54. The topological polar surface area (TPSA) is 82.9 Å². The Bertz CT molecular complexity index is 776. The van der Waals surface area contributed by atoms with Crippen molar-refractivity contribution in [1.29, 1.82) is 0 Å². The van der Waals surface area contributed by atoms with Crippen molar-refractivity contribution in [3.05, 3.63) is 23.2 Å². The van der Waals surface area contributed by atoms with Crippen LogP contribution in [0.1, 0.15) is 50.3 Å². The first-order valence-electron chi connectivity index (χ1n) is 9.24. The fraction of sp³-hybridized carbons (Fsp3) is 0.722. The summed E-state index contributed by atoms with van der Waals surface area (Å²) in [6.07, 6.45) is 1.73. The maximum atomic E-state index is 12.7. The van der Waals surface area contributed by atoms with E-state index in [4.69, 9.17) is 4.42 Å². The van der Waals surface area contributed by atoms with Gasteiger partial charge in [0.25, 0.3) is 0 Å². The molecule has 1 atom stereocenters. The number of hydrogen-bond acceptors (Lipinski definition) is 4. The molecule has 0 aromatic carbocycles. The van der Waals surface area contributed by atoms with Gasteiger partial charge in [-0.2, -0.15) is 4.31 Å². The van der Waals surface area contributed by atoms with Crippen LogP contribution >= 0.6 is 0 Å². The molecule has 7 nitrogen and oxygen atoms in total. The van der Waals surface area contributed by atoms with E-state index in [0.717, 1.165) is 29.9 Å². The van der Waals surface area contributed by atoms with Crippen LogP contribution in [0.2, 0.25) is 0 Å². The number of fused-ring (bicyclic) bond motifs is 1. The third kappa shape index (κ3) is 3.91. The van der Waals surface area contributed by atoms with Crippen molar-refractivity contribution < 1.29 is 17.6 Å². The standard InChI is InChI=1S/C18H29N3O4S/c1-5-26(23,24)21-8-6-20(7-9-21)17(22)19-15-11-18(3,4)12-16-14(15)10-13(2)25-16/h10,15H,5-9,11-12H2,1-4H3,(H,19,22). The molecule has 1 fully saturated rings. The molecule has 2 aliphatic rings. The minimum absolute atomic E-state index is 0.0587. The van der Waals surface area contributed by atoms with Gasteiger partial charge in [0.2, 0.25) is 10.0 Å². The molecule has 1 N–H and O–H groups in total. The molecule has 1 unspecified atom stereocenters. The fourth-order valence-electron chi connectivity index (χ4n) is 3.91. The van der Waals surface area contributed by atoms with Gasteiger partial charge in [-0.25, -0.2) is 13.2 Å². The Morgan fingerprint density at radius 1 is 1.31 bits per heavy atom. The van der Waals surface area contributed by atoms with Gasteiger partial charge in [-0.05, 0) is 31.7 Å². The zero-order valence-electron chi connectivity index (χ0n) is 16.0. The highest BCUT2D eigenvalue weighted by molar-refractivity contribution is 7.89. The number of amides is 2. The molecule has 2 amide bonds. The van der Waals surface area contributed by atoms with Crippen molar-refractivity contribution in [2.75, 3.05) is 31.9 Å². The minimum Gasteiger partial charge on any atom is -0.466 e. The average molecular weight is 384 g/mol. The molecule has 0 saturated carbocycles. The van der Waals surface area contributed by atoms with Crippen LogP contribution in [0, 0.1) is 12.3 Å². The lowest BCUT2D eigenvalue weighted by atomic mass is 9.75. The number of sulfonamides is 1. The summed E-state index contributed by atoms with van der Waals surface area (Å²) in [7, 11) is -3.19. The Balaban J connectivity index is 1.66. The van der Waals surface area contributed by atoms with Gasteiger partial charge in [0.1, 0.15) is 11.5 Å². The van der Waals surface area contributed by atoms with E-state index < -0.39 is 10.0 Å². The third-order valence-electron chi connectivity index (χ3n) is 5.32. The minimum atomic E-state index is -3.19. The van der Waals surface area contributed by atoms with Crippen LogP contribution in [0.3, 0.4) is 0 Å². The molecule has 1 aliphatic carbocycles. The molecule has 1 aliphatic heterocycles. The number of urea groups is 1. The lowest BCUT2D eigenvalue weighted by Gasteiger charge is -2.38. The Labute approximate surface area is 155 Å². The van der Waals surface area contributed by atoms with Gasteiger partial charge >= 0.3 is 6.03 Å². The Kier molecular flexibility index (Phi) is 5.09. The monoisotopic (exact) mass is 383 g/mol. The van der Waals surface area contributed by atoms with Crippen molar-refractivity contribution >= 4 is 16.1 Å².